The van der Waals surface area contributed by atoms with Crippen LogP contribution in [0.15, 0.2) is 11.8 Å². The van der Waals surface area contributed by atoms with E-state index in [9.17, 15) is 0 Å². The fourth-order valence-electron chi connectivity index (χ4n) is 1.25. The molecule has 0 aliphatic carbocycles. The first kappa shape index (κ1) is 8.60. The number of rotatable bonds is 3. The zero-order valence-corrected chi connectivity index (χ0v) is 7.18. The normalized spacial score (nSPS) is 20.4. The molecule has 0 fully saturated rings. The lowest BCUT2D eigenvalue weighted by molar-refractivity contribution is 0.222. The van der Waals surface area contributed by atoms with Gasteiger partial charge in [-0.25, -0.2) is 0 Å². The van der Waals surface area contributed by atoms with E-state index in [-0.39, 0.29) is 0 Å². The fraction of sp³-hybridized carbons (Fsp3) is 0.778. The molecule has 1 aliphatic rings. The van der Waals surface area contributed by atoms with Crippen molar-refractivity contribution in [3.8, 4) is 0 Å². The summed E-state index contributed by atoms with van der Waals surface area (Å²) in [5.41, 5.74) is 7.19. The van der Waals surface area contributed by atoms with E-state index in [2.05, 4.69) is 6.92 Å². The van der Waals surface area contributed by atoms with Crippen molar-refractivity contribution in [3.63, 3.8) is 0 Å². The average molecular weight is 155 g/mol. The lowest BCUT2D eigenvalue weighted by atomic mass is 10.0. The predicted molar refractivity (Wildman–Crippen MR) is 46.2 cm³/mol. The van der Waals surface area contributed by atoms with E-state index < -0.39 is 0 Å². The number of hydrogen-bond donors (Lipinski definition) is 1. The summed E-state index contributed by atoms with van der Waals surface area (Å²) in [4.78, 5) is 0. The molecular weight excluding hydrogens is 138 g/mol. The van der Waals surface area contributed by atoms with Crippen LogP contribution in [0, 0.1) is 0 Å². The van der Waals surface area contributed by atoms with E-state index >= 15 is 0 Å². The standard InChI is InChI=1S/C9H17NO/c1-2-9(10)6-8-4-3-5-11-7-8/h7,9H,2-6,10H2,1H3. The molecule has 0 saturated heterocycles. The SMILES string of the molecule is CCC(N)CC1=COCCC1. The Bertz CT molecular complexity index is 142. The van der Waals surface area contributed by atoms with Crippen molar-refractivity contribution in [3.05, 3.63) is 11.8 Å². The Balaban J connectivity index is 2.29. The Morgan fingerprint density at radius 3 is 3.09 bits per heavy atom. The van der Waals surface area contributed by atoms with Gasteiger partial charge in [-0.2, -0.15) is 0 Å². The van der Waals surface area contributed by atoms with Crippen molar-refractivity contribution >= 4 is 0 Å². The minimum absolute atomic E-state index is 0.322. The molecular formula is C9H17NO. The minimum atomic E-state index is 0.322. The van der Waals surface area contributed by atoms with Gasteiger partial charge in [0.2, 0.25) is 0 Å². The van der Waals surface area contributed by atoms with Crippen LogP contribution in [0.25, 0.3) is 0 Å². The Morgan fingerprint density at radius 1 is 1.73 bits per heavy atom. The number of hydrogen-bond acceptors (Lipinski definition) is 2. The molecule has 1 heterocycles. The van der Waals surface area contributed by atoms with Crippen LogP contribution in [0.5, 0.6) is 0 Å². The van der Waals surface area contributed by atoms with Crippen molar-refractivity contribution in [2.24, 2.45) is 5.73 Å². The van der Waals surface area contributed by atoms with E-state index in [1.807, 2.05) is 6.26 Å². The molecule has 11 heavy (non-hydrogen) atoms. The minimum Gasteiger partial charge on any atom is -0.501 e. The average Bonchev–Trinajstić information content (AvgIpc) is 2.06. The summed E-state index contributed by atoms with van der Waals surface area (Å²) < 4.78 is 5.21. The van der Waals surface area contributed by atoms with Crippen LogP contribution in [-0.2, 0) is 4.74 Å². The van der Waals surface area contributed by atoms with Crippen LogP contribution in [0.4, 0.5) is 0 Å². The molecule has 2 heteroatoms. The molecule has 0 saturated carbocycles. The molecule has 0 amide bonds. The quantitative estimate of drug-likeness (QED) is 0.674. The summed E-state index contributed by atoms with van der Waals surface area (Å²) in [5.74, 6) is 0. The van der Waals surface area contributed by atoms with Crippen molar-refractivity contribution in [1.82, 2.24) is 0 Å². The van der Waals surface area contributed by atoms with Gasteiger partial charge in [0, 0.05) is 6.04 Å². The summed E-state index contributed by atoms with van der Waals surface area (Å²) >= 11 is 0. The molecule has 0 aromatic heterocycles. The van der Waals surface area contributed by atoms with Gasteiger partial charge in [0.05, 0.1) is 12.9 Å². The van der Waals surface area contributed by atoms with Crippen LogP contribution < -0.4 is 5.73 Å². The van der Waals surface area contributed by atoms with E-state index in [1.165, 1.54) is 12.0 Å². The molecule has 0 aromatic carbocycles. The van der Waals surface area contributed by atoms with Gasteiger partial charge in [0.15, 0.2) is 0 Å². The van der Waals surface area contributed by atoms with Gasteiger partial charge in [-0.05, 0) is 31.3 Å². The highest BCUT2D eigenvalue weighted by Crippen LogP contribution is 2.16. The maximum atomic E-state index is 5.81. The van der Waals surface area contributed by atoms with Crippen LogP contribution in [0.2, 0.25) is 0 Å². The van der Waals surface area contributed by atoms with Crippen LogP contribution in [0.3, 0.4) is 0 Å². The Hall–Kier alpha value is -0.500. The van der Waals surface area contributed by atoms with Crippen LogP contribution >= 0.6 is 0 Å². The molecule has 0 spiro atoms. The second-order valence-corrected chi connectivity index (χ2v) is 3.12. The molecule has 1 rings (SSSR count). The van der Waals surface area contributed by atoms with Crippen molar-refractivity contribution in [1.29, 1.82) is 0 Å². The molecule has 1 atom stereocenters. The third-order valence-electron chi connectivity index (χ3n) is 2.06. The van der Waals surface area contributed by atoms with Crippen molar-refractivity contribution < 1.29 is 4.74 Å². The highest BCUT2D eigenvalue weighted by molar-refractivity contribution is 5.02. The lowest BCUT2D eigenvalue weighted by Crippen LogP contribution is -2.20. The summed E-state index contributed by atoms with van der Waals surface area (Å²) in [5, 5.41) is 0. The molecule has 0 bridgehead atoms. The van der Waals surface area contributed by atoms with Crippen LogP contribution in [-0.4, -0.2) is 12.6 Å². The van der Waals surface area contributed by atoms with Gasteiger partial charge in [-0.15, -0.1) is 0 Å². The first-order valence-corrected chi connectivity index (χ1v) is 4.38. The number of ether oxygens (including phenoxy) is 1. The van der Waals surface area contributed by atoms with Gasteiger partial charge in [0.25, 0.3) is 0 Å². The third kappa shape index (κ3) is 2.93. The zero-order chi connectivity index (χ0) is 8.10. The van der Waals surface area contributed by atoms with Crippen molar-refractivity contribution in [2.75, 3.05) is 6.61 Å². The summed E-state index contributed by atoms with van der Waals surface area (Å²) in [6, 6.07) is 0.322. The monoisotopic (exact) mass is 155 g/mol. The van der Waals surface area contributed by atoms with Crippen molar-refractivity contribution in [2.45, 2.75) is 38.6 Å². The fourth-order valence-corrected chi connectivity index (χ4v) is 1.25. The molecule has 2 nitrogen and oxygen atoms in total. The Labute approximate surface area is 68.4 Å². The maximum Gasteiger partial charge on any atom is 0.0876 e. The zero-order valence-electron chi connectivity index (χ0n) is 7.18. The first-order chi connectivity index (χ1) is 5.33. The summed E-state index contributed by atoms with van der Waals surface area (Å²) in [6.45, 7) is 3.00. The van der Waals surface area contributed by atoms with E-state index in [4.69, 9.17) is 10.5 Å². The van der Waals surface area contributed by atoms with E-state index in [1.54, 1.807) is 0 Å². The number of nitrogens with two attached hydrogens (primary N) is 1. The largest absolute Gasteiger partial charge is 0.501 e. The molecule has 1 aliphatic heterocycles. The van der Waals surface area contributed by atoms with Gasteiger partial charge in [-0.3, -0.25) is 0 Å². The highest BCUT2D eigenvalue weighted by Gasteiger charge is 2.07. The Kier molecular flexibility index (Phi) is 3.43. The molecule has 0 aromatic rings. The van der Waals surface area contributed by atoms with E-state index in [0.717, 1.165) is 25.9 Å². The van der Waals surface area contributed by atoms with Gasteiger partial charge >= 0.3 is 0 Å². The highest BCUT2D eigenvalue weighted by atomic mass is 16.5. The second kappa shape index (κ2) is 4.39. The lowest BCUT2D eigenvalue weighted by Gasteiger charge is -2.16. The van der Waals surface area contributed by atoms with E-state index in [0.29, 0.717) is 6.04 Å². The van der Waals surface area contributed by atoms with Gasteiger partial charge in [-0.1, -0.05) is 6.92 Å². The molecule has 1 unspecified atom stereocenters. The van der Waals surface area contributed by atoms with Gasteiger partial charge in [0.1, 0.15) is 0 Å². The summed E-state index contributed by atoms with van der Waals surface area (Å²) in [6.07, 6.45) is 6.28. The topological polar surface area (TPSA) is 35.2 Å². The second-order valence-electron chi connectivity index (χ2n) is 3.12. The Morgan fingerprint density at radius 2 is 2.55 bits per heavy atom. The predicted octanol–water partition coefficient (Wildman–Crippen LogP) is 1.81. The first-order valence-electron chi connectivity index (χ1n) is 4.38. The third-order valence-corrected chi connectivity index (χ3v) is 2.06. The molecule has 64 valence electrons. The smallest absolute Gasteiger partial charge is 0.0876 e. The van der Waals surface area contributed by atoms with Crippen LogP contribution in [0.1, 0.15) is 32.6 Å². The molecule has 0 radical (unpaired) electrons. The molecule has 2 N–H and O–H groups in total. The maximum absolute atomic E-state index is 5.81. The summed E-state index contributed by atoms with van der Waals surface area (Å²) in [7, 11) is 0. The van der Waals surface area contributed by atoms with Gasteiger partial charge < -0.3 is 10.5 Å².